The van der Waals surface area contributed by atoms with Gasteiger partial charge in [-0.15, -0.1) is 0 Å². The SMILES string of the molecule is COc1cc(Br)ccc1C(=O)c1cncc(C)c1. The first-order valence-electron chi connectivity index (χ1n) is 5.41. The quantitative estimate of drug-likeness (QED) is 0.816. The summed E-state index contributed by atoms with van der Waals surface area (Å²) < 4.78 is 6.10. The molecular weight excluding hydrogens is 294 g/mol. The molecular formula is C14H12BrNO2. The summed E-state index contributed by atoms with van der Waals surface area (Å²) in [4.78, 5) is 16.4. The molecule has 0 aliphatic heterocycles. The van der Waals surface area contributed by atoms with Crippen molar-refractivity contribution >= 4 is 21.7 Å². The van der Waals surface area contributed by atoms with E-state index in [-0.39, 0.29) is 5.78 Å². The molecule has 0 aliphatic rings. The van der Waals surface area contributed by atoms with Gasteiger partial charge in [-0.1, -0.05) is 15.9 Å². The molecule has 0 radical (unpaired) electrons. The minimum Gasteiger partial charge on any atom is -0.496 e. The maximum Gasteiger partial charge on any atom is 0.198 e. The standard InChI is InChI=1S/C14H12BrNO2/c1-9-5-10(8-16-7-9)14(17)12-4-3-11(15)6-13(12)18-2/h3-8H,1-2H3. The van der Waals surface area contributed by atoms with Gasteiger partial charge in [0.15, 0.2) is 5.78 Å². The number of aryl methyl sites for hydroxylation is 1. The van der Waals surface area contributed by atoms with Crippen LogP contribution in [0.4, 0.5) is 0 Å². The zero-order valence-electron chi connectivity index (χ0n) is 10.1. The van der Waals surface area contributed by atoms with Crippen molar-refractivity contribution in [2.45, 2.75) is 6.92 Å². The predicted octanol–water partition coefficient (Wildman–Crippen LogP) is 3.39. The van der Waals surface area contributed by atoms with Crippen LogP contribution in [0, 0.1) is 6.92 Å². The topological polar surface area (TPSA) is 39.2 Å². The molecule has 0 aliphatic carbocycles. The number of pyridine rings is 1. The summed E-state index contributed by atoms with van der Waals surface area (Å²) in [6.45, 7) is 1.91. The van der Waals surface area contributed by atoms with Crippen molar-refractivity contribution in [3.63, 3.8) is 0 Å². The van der Waals surface area contributed by atoms with Crippen molar-refractivity contribution in [3.8, 4) is 5.75 Å². The van der Waals surface area contributed by atoms with Gasteiger partial charge in [-0.2, -0.15) is 0 Å². The number of halogens is 1. The van der Waals surface area contributed by atoms with Crippen LogP contribution < -0.4 is 4.74 Å². The van der Waals surface area contributed by atoms with Crippen molar-refractivity contribution in [1.82, 2.24) is 4.98 Å². The lowest BCUT2D eigenvalue weighted by atomic mass is 10.0. The number of carbonyl (C=O) groups excluding carboxylic acids is 1. The maximum atomic E-state index is 12.4. The van der Waals surface area contributed by atoms with Crippen LogP contribution in [0.15, 0.2) is 41.1 Å². The lowest BCUT2D eigenvalue weighted by molar-refractivity contribution is 0.103. The molecule has 0 amide bonds. The highest BCUT2D eigenvalue weighted by Gasteiger charge is 2.15. The molecule has 1 heterocycles. The molecule has 1 aromatic heterocycles. The largest absolute Gasteiger partial charge is 0.496 e. The number of methoxy groups -OCH3 is 1. The van der Waals surface area contributed by atoms with Crippen LogP contribution in [0.5, 0.6) is 5.75 Å². The number of aromatic nitrogens is 1. The third-order valence-electron chi connectivity index (χ3n) is 2.55. The van der Waals surface area contributed by atoms with Gasteiger partial charge in [0.2, 0.25) is 0 Å². The summed E-state index contributed by atoms with van der Waals surface area (Å²) in [6, 6.07) is 7.15. The van der Waals surface area contributed by atoms with Gasteiger partial charge in [0.1, 0.15) is 5.75 Å². The Morgan fingerprint density at radius 2 is 2.06 bits per heavy atom. The number of rotatable bonds is 3. The van der Waals surface area contributed by atoms with Crippen LogP contribution in [0.2, 0.25) is 0 Å². The second-order valence-corrected chi connectivity index (χ2v) is 4.84. The Balaban J connectivity index is 2.46. The average molecular weight is 306 g/mol. The van der Waals surface area contributed by atoms with Crippen LogP contribution in [0.3, 0.4) is 0 Å². The Bertz CT molecular complexity index is 596. The first kappa shape index (κ1) is 12.8. The summed E-state index contributed by atoms with van der Waals surface area (Å²) in [5.41, 5.74) is 2.06. The molecule has 2 aromatic rings. The van der Waals surface area contributed by atoms with E-state index in [0.29, 0.717) is 16.9 Å². The summed E-state index contributed by atoms with van der Waals surface area (Å²) >= 11 is 3.35. The minimum absolute atomic E-state index is 0.0875. The molecule has 1 aromatic carbocycles. The number of hydrogen-bond acceptors (Lipinski definition) is 3. The third kappa shape index (κ3) is 2.59. The summed E-state index contributed by atoms with van der Waals surface area (Å²) in [5, 5.41) is 0. The van der Waals surface area contributed by atoms with Gasteiger partial charge >= 0.3 is 0 Å². The second-order valence-electron chi connectivity index (χ2n) is 3.92. The lowest BCUT2D eigenvalue weighted by Crippen LogP contribution is -2.04. The zero-order chi connectivity index (χ0) is 13.1. The molecule has 0 spiro atoms. The van der Waals surface area contributed by atoms with Crippen molar-refractivity contribution in [1.29, 1.82) is 0 Å². The number of hydrogen-bond donors (Lipinski definition) is 0. The molecule has 0 bridgehead atoms. The highest BCUT2D eigenvalue weighted by atomic mass is 79.9. The van der Waals surface area contributed by atoms with E-state index in [0.717, 1.165) is 10.0 Å². The second kappa shape index (κ2) is 5.31. The van der Waals surface area contributed by atoms with E-state index >= 15 is 0 Å². The van der Waals surface area contributed by atoms with Crippen LogP contribution in [0.25, 0.3) is 0 Å². The van der Waals surface area contributed by atoms with Crippen LogP contribution >= 0.6 is 15.9 Å². The summed E-state index contributed by atoms with van der Waals surface area (Å²) in [5.74, 6) is 0.464. The number of ketones is 1. The van der Waals surface area contributed by atoms with Gasteiger partial charge in [0.05, 0.1) is 12.7 Å². The molecule has 0 atom stereocenters. The molecule has 0 N–H and O–H groups in total. The normalized spacial score (nSPS) is 10.2. The van der Waals surface area contributed by atoms with Crippen LogP contribution in [-0.2, 0) is 0 Å². The fourth-order valence-corrected chi connectivity index (χ4v) is 2.03. The Morgan fingerprint density at radius 1 is 1.28 bits per heavy atom. The van der Waals surface area contributed by atoms with E-state index in [4.69, 9.17) is 4.74 Å². The van der Waals surface area contributed by atoms with Gasteiger partial charge in [0.25, 0.3) is 0 Å². The number of benzene rings is 1. The van der Waals surface area contributed by atoms with Crippen molar-refractivity contribution < 1.29 is 9.53 Å². The maximum absolute atomic E-state index is 12.4. The van der Waals surface area contributed by atoms with E-state index in [9.17, 15) is 4.79 Å². The highest BCUT2D eigenvalue weighted by molar-refractivity contribution is 9.10. The first-order chi connectivity index (χ1) is 8.61. The van der Waals surface area contributed by atoms with Crippen molar-refractivity contribution in [2.24, 2.45) is 0 Å². The van der Waals surface area contributed by atoms with Crippen LogP contribution in [0.1, 0.15) is 21.5 Å². The van der Waals surface area contributed by atoms with Crippen molar-refractivity contribution in [2.75, 3.05) is 7.11 Å². The molecule has 0 fully saturated rings. The molecule has 3 nitrogen and oxygen atoms in total. The smallest absolute Gasteiger partial charge is 0.198 e. The Hall–Kier alpha value is -1.68. The van der Waals surface area contributed by atoms with Gasteiger partial charge < -0.3 is 4.74 Å². The molecule has 2 rings (SSSR count). The zero-order valence-corrected chi connectivity index (χ0v) is 11.7. The predicted molar refractivity (Wildman–Crippen MR) is 73.1 cm³/mol. The molecule has 4 heteroatoms. The van der Waals surface area contributed by atoms with Gasteiger partial charge in [0, 0.05) is 22.4 Å². The summed E-state index contributed by atoms with van der Waals surface area (Å²) in [6.07, 6.45) is 3.28. The molecule has 0 saturated carbocycles. The Labute approximate surface area is 114 Å². The number of carbonyl (C=O) groups is 1. The monoisotopic (exact) mass is 305 g/mol. The first-order valence-corrected chi connectivity index (χ1v) is 6.21. The number of ether oxygens (including phenoxy) is 1. The number of nitrogens with zero attached hydrogens (tertiary/aromatic N) is 1. The van der Waals surface area contributed by atoms with E-state index in [1.54, 1.807) is 31.6 Å². The minimum atomic E-state index is -0.0875. The average Bonchev–Trinajstić information content (AvgIpc) is 2.37. The van der Waals surface area contributed by atoms with Gasteiger partial charge in [-0.3, -0.25) is 9.78 Å². The van der Waals surface area contributed by atoms with Crippen molar-refractivity contribution in [3.05, 3.63) is 57.8 Å². The lowest BCUT2D eigenvalue weighted by Gasteiger charge is -2.08. The molecule has 0 unspecified atom stereocenters. The van der Waals surface area contributed by atoms with E-state index in [2.05, 4.69) is 20.9 Å². The Kier molecular flexibility index (Phi) is 3.77. The van der Waals surface area contributed by atoms with Gasteiger partial charge in [-0.05, 0) is 36.8 Å². The molecule has 92 valence electrons. The summed E-state index contributed by atoms with van der Waals surface area (Å²) in [7, 11) is 1.55. The van der Waals surface area contributed by atoms with Gasteiger partial charge in [-0.25, -0.2) is 0 Å². The van der Waals surface area contributed by atoms with Crippen LogP contribution in [-0.4, -0.2) is 17.9 Å². The van der Waals surface area contributed by atoms with E-state index in [1.165, 1.54) is 0 Å². The van der Waals surface area contributed by atoms with E-state index < -0.39 is 0 Å². The third-order valence-corrected chi connectivity index (χ3v) is 3.04. The fourth-order valence-electron chi connectivity index (χ4n) is 1.69. The fraction of sp³-hybridized carbons (Fsp3) is 0.143. The molecule has 18 heavy (non-hydrogen) atoms. The molecule has 0 saturated heterocycles. The Morgan fingerprint density at radius 3 is 2.72 bits per heavy atom. The van der Waals surface area contributed by atoms with E-state index in [1.807, 2.05) is 19.1 Å². The highest BCUT2D eigenvalue weighted by Crippen LogP contribution is 2.25.